The fraction of sp³-hybridized carbons (Fsp3) is 0.310. The molecule has 1 aliphatic rings. The van der Waals surface area contributed by atoms with Crippen LogP contribution in [0.3, 0.4) is 0 Å². The van der Waals surface area contributed by atoms with Crippen molar-refractivity contribution in [1.82, 2.24) is 15.0 Å². The van der Waals surface area contributed by atoms with Crippen LogP contribution in [0.25, 0.3) is 22.0 Å². The van der Waals surface area contributed by atoms with Crippen molar-refractivity contribution in [3.63, 3.8) is 0 Å². The molecule has 0 spiro atoms. The number of fused-ring (bicyclic) bond motifs is 1. The molecule has 5 rings (SSSR count). The van der Waals surface area contributed by atoms with Gasteiger partial charge in [0.05, 0.1) is 18.7 Å². The Balaban J connectivity index is 1.51. The zero-order valence-corrected chi connectivity index (χ0v) is 22.9. The standard InChI is InChI=1S/C29H29BrN4O4/c1-18(2)12-22-16-26(30)33-28(38-29(35)36)23(22)14-19-4-3-5-20(13-19)21-6-7-25-24(15-21)27(32-17-31-25)34-8-10-37-11-9-34/h3-7,13,15-18H,8-12,14H2,1-2H3,(H,35,36). The quantitative estimate of drug-likeness (QED) is 0.207. The maximum Gasteiger partial charge on any atom is 0.512 e. The first kappa shape index (κ1) is 26.1. The Bertz CT molecular complexity index is 1470. The van der Waals surface area contributed by atoms with Crippen molar-refractivity contribution in [2.75, 3.05) is 31.2 Å². The van der Waals surface area contributed by atoms with Gasteiger partial charge in [0.25, 0.3) is 0 Å². The van der Waals surface area contributed by atoms with Gasteiger partial charge in [0.15, 0.2) is 0 Å². The second-order valence-electron chi connectivity index (χ2n) is 9.76. The predicted molar refractivity (Wildman–Crippen MR) is 150 cm³/mol. The number of ether oxygens (including phenoxy) is 2. The molecule has 0 atom stereocenters. The van der Waals surface area contributed by atoms with Crippen LogP contribution in [0.1, 0.15) is 30.5 Å². The Morgan fingerprint density at radius 1 is 1.11 bits per heavy atom. The molecule has 4 aromatic rings. The van der Waals surface area contributed by atoms with Crippen molar-refractivity contribution in [1.29, 1.82) is 0 Å². The van der Waals surface area contributed by atoms with Crippen LogP contribution in [0, 0.1) is 5.92 Å². The summed E-state index contributed by atoms with van der Waals surface area (Å²) in [4.78, 5) is 27.1. The van der Waals surface area contributed by atoms with Gasteiger partial charge in [-0.15, -0.1) is 0 Å². The van der Waals surface area contributed by atoms with Gasteiger partial charge in [0.1, 0.15) is 16.7 Å². The van der Waals surface area contributed by atoms with Gasteiger partial charge < -0.3 is 19.5 Å². The Labute approximate surface area is 229 Å². The van der Waals surface area contributed by atoms with Crippen LogP contribution in [0.2, 0.25) is 0 Å². The highest BCUT2D eigenvalue weighted by molar-refractivity contribution is 9.10. The van der Waals surface area contributed by atoms with Crippen molar-refractivity contribution >= 4 is 38.8 Å². The maximum atomic E-state index is 11.4. The van der Waals surface area contributed by atoms with Gasteiger partial charge in [-0.3, -0.25) is 0 Å². The highest BCUT2D eigenvalue weighted by Gasteiger charge is 2.19. The van der Waals surface area contributed by atoms with E-state index in [1.165, 1.54) is 0 Å². The second-order valence-corrected chi connectivity index (χ2v) is 10.6. The molecular weight excluding hydrogens is 548 g/mol. The number of morpholine rings is 1. The molecule has 0 unspecified atom stereocenters. The molecule has 1 aliphatic heterocycles. The van der Waals surface area contributed by atoms with E-state index in [-0.39, 0.29) is 5.88 Å². The lowest BCUT2D eigenvalue weighted by molar-refractivity contribution is 0.122. The Morgan fingerprint density at radius 3 is 2.66 bits per heavy atom. The van der Waals surface area contributed by atoms with Crippen molar-refractivity contribution in [3.8, 4) is 17.0 Å². The van der Waals surface area contributed by atoms with Gasteiger partial charge in [0.2, 0.25) is 5.88 Å². The number of rotatable bonds is 7. The summed E-state index contributed by atoms with van der Waals surface area (Å²) in [7, 11) is 0. The van der Waals surface area contributed by atoms with Crippen LogP contribution in [0.5, 0.6) is 5.88 Å². The third-order valence-electron chi connectivity index (χ3n) is 6.53. The monoisotopic (exact) mass is 576 g/mol. The molecule has 1 N–H and O–H groups in total. The first-order chi connectivity index (χ1) is 18.4. The zero-order valence-electron chi connectivity index (χ0n) is 21.4. The lowest BCUT2D eigenvalue weighted by Crippen LogP contribution is -2.36. The van der Waals surface area contributed by atoms with E-state index >= 15 is 0 Å². The lowest BCUT2D eigenvalue weighted by Gasteiger charge is -2.28. The highest BCUT2D eigenvalue weighted by atomic mass is 79.9. The Morgan fingerprint density at radius 2 is 1.89 bits per heavy atom. The predicted octanol–water partition coefficient (Wildman–Crippen LogP) is 6.14. The van der Waals surface area contributed by atoms with E-state index in [1.807, 2.05) is 24.3 Å². The van der Waals surface area contributed by atoms with E-state index in [4.69, 9.17) is 9.47 Å². The van der Waals surface area contributed by atoms with Crippen molar-refractivity contribution < 1.29 is 19.4 Å². The molecule has 1 fully saturated rings. The van der Waals surface area contributed by atoms with E-state index in [2.05, 4.69) is 73.9 Å². The van der Waals surface area contributed by atoms with Crippen LogP contribution < -0.4 is 9.64 Å². The highest BCUT2D eigenvalue weighted by Crippen LogP contribution is 2.32. The van der Waals surface area contributed by atoms with Gasteiger partial charge in [0, 0.05) is 30.5 Å². The Kier molecular flexibility index (Phi) is 7.85. The van der Waals surface area contributed by atoms with E-state index in [1.54, 1.807) is 6.33 Å². The van der Waals surface area contributed by atoms with Crippen molar-refractivity contribution in [3.05, 3.63) is 76.2 Å². The number of nitrogens with zero attached hydrogens (tertiary/aromatic N) is 4. The fourth-order valence-corrected chi connectivity index (χ4v) is 5.30. The first-order valence-electron chi connectivity index (χ1n) is 12.6. The SMILES string of the molecule is CC(C)Cc1cc(Br)nc(OC(=O)O)c1Cc1cccc(-c2ccc3ncnc(N4CCOCC4)c3c2)c1. The molecule has 1 saturated heterocycles. The first-order valence-corrected chi connectivity index (χ1v) is 13.4. The molecule has 0 aliphatic carbocycles. The molecule has 38 heavy (non-hydrogen) atoms. The van der Waals surface area contributed by atoms with E-state index in [9.17, 15) is 9.90 Å². The zero-order chi connectivity index (χ0) is 26.6. The van der Waals surface area contributed by atoms with Crippen LogP contribution in [-0.2, 0) is 17.6 Å². The van der Waals surface area contributed by atoms with Crippen LogP contribution in [-0.4, -0.2) is 52.5 Å². The van der Waals surface area contributed by atoms with E-state index in [0.717, 1.165) is 64.0 Å². The second kappa shape index (κ2) is 11.4. The third-order valence-corrected chi connectivity index (χ3v) is 6.93. The number of carbonyl (C=O) groups is 1. The van der Waals surface area contributed by atoms with Crippen LogP contribution in [0.4, 0.5) is 10.6 Å². The minimum Gasteiger partial charge on any atom is -0.449 e. The molecule has 8 nitrogen and oxygen atoms in total. The van der Waals surface area contributed by atoms with Crippen LogP contribution in [0.15, 0.2) is 59.5 Å². The van der Waals surface area contributed by atoms with Gasteiger partial charge in [-0.25, -0.2) is 19.7 Å². The number of carboxylic acid groups (broad SMARTS) is 1. The number of pyridine rings is 1. The molecular formula is C29H29BrN4O4. The maximum absolute atomic E-state index is 11.4. The number of hydrogen-bond acceptors (Lipinski definition) is 7. The smallest absolute Gasteiger partial charge is 0.449 e. The van der Waals surface area contributed by atoms with Gasteiger partial charge in [-0.05, 0) is 68.7 Å². The molecule has 2 aromatic carbocycles. The van der Waals surface area contributed by atoms with Crippen molar-refractivity contribution in [2.24, 2.45) is 5.92 Å². The minimum absolute atomic E-state index is 0.117. The molecule has 0 saturated carbocycles. The summed E-state index contributed by atoms with van der Waals surface area (Å²) in [6.45, 7) is 7.23. The summed E-state index contributed by atoms with van der Waals surface area (Å²) in [5.74, 6) is 1.42. The molecule has 2 aromatic heterocycles. The number of anilines is 1. The molecule has 3 heterocycles. The van der Waals surface area contributed by atoms with Gasteiger partial charge in [-0.2, -0.15) is 0 Å². The molecule has 0 bridgehead atoms. The summed E-state index contributed by atoms with van der Waals surface area (Å²) in [6.07, 6.45) is 1.51. The average Bonchev–Trinajstić information content (AvgIpc) is 2.90. The fourth-order valence-electron chi connectivity index (χ4n) is 4.86. The Hall–Kier alpha value is -3.56. The number of halogens is 1. The molecule has 196 valence electrons. The van der Waals surface area contributed by atoms with E-state index < -0.39 is 6.16 Å². The summed E-state index contributed by atoms with van der Waals surface area (Å²) < 4.78 is 11.2. The van der Waals surface area contributed by atoms with E-state index in [0.29, 0.717) is 30.2 Å². The van der Waals surface area contributed by atoms with Gasteiger partial charge in [-0.1, -0.05) is 44.2 Å². The number of aromatic nitrogens is 3. The number of hydrogen-bond donors (Lipinski definition) is 1. The van der Waals surface area contributed by atoms with Crippen LogP contribution >= 0.6 is 15.9 Å². The topological polar surface area (TPSA) is 97.7 Å². The largest absolute Gasteiger partial charge is 0.512 e. The molecule has 9 heteroatoms. The summed E-state index contributed by atoms with van der Waals surface area (Å²) in [5, 5.41) is 10.3. The average molecular weight is 577 g/mol. The summed E-state index contributed by atoms with van der Waals surface area (Å²) >= 11 is 3.40. The van der Waals surface area contributed by atoms with Gasteiger partial charge >= 0.3 is 6.16 Å². The third kappa shape index (κ3) is 5.95. The summed E-state index contributed by atoms with van der Waals surface area (Å²) in [5.41, 5.74) is 5.84. The normalized spacial score (nSPS) is 13.7. The minimum atomic E-state index is -1.38. The number of benzene rings is 2. The lowest BCUT2D eigenvalue weighted by atomic mass is 9.93. The summed E-state index contributed by atoms with van der Waals surface area (Å²) in [6, 6.07) is 16.5. The molecule has 0 amide bonds. The molecule has 0 radical (unpaired) electrons. The van der Waals surface area contributed by atoms with Crippen molar-refractivity contribution in [2.45, 2.75) is 26.7 Å².